The number of hydrogen-bond acceptors (Lipinski definition) is 5. The fourth-order valence-electron chi connectivity index (χ4n) is 3.99. The largest absolute Gasteiger partial charge is 0.325 e. The minimum atomic E-state index is -0.382. The molecule has 5 nitrogen and oxygen atoms in total. The number of rotatable bonds is 5. The van der Waals surface area contributed by atoms with Gasteiger partial charge < -0.3 is 5.32 Å². The molecule has 2 heterocycles. The summed E-state index contributed by atoms with van der Waals surface area (Å²) in [5.41, 5.74) is 4.24. The van der Waals surface area contributed by atoms with Crippen LogP contribution in [0.2, 0.25) is 0 Å². The number of fused-ring (bicyclic) bond motifs is 3. The molecule has 0 saturated heterocycles. The van der Waals surface area contributed by atoms with Crippen molar-refractivity contribution in [1.82, 2.24) is 9.55 Å². The molecule has 0 spiro atoms. The molecule has 0 saturated carbocycles. The number of aromatic nitrogens is 2. The molecule has 3 aromatic rings. The number of benzene rings is 1. The van der Waals surface area contributed by atoms with Gasteiger partial charge >= 0.3 is 0 Å². The molecule has 0 radical (unpaired) electrons. The molecule has 1 atom stereocenters. The summed E-state index contributed by atoms with van der Waals surface area (Å²) < 4.78 is 1.59. The van der Waals surface area contributed by atoms with Crippen molar-refractivity contribution < 1.29 is 4.79 Å². The first-order valence-electron chi connectivity index (χ1n) is 10.4. The van der Waals surface area contributed by atoms with E-state index in [1.807, 2.05) is 26.0 Å². The van der Waals surface area contributed by atoms with Crippen molar-refractivity contribution in [3.8, 4) is 0 Å². The highest BCUT2D eigenvalue weighted by molar-refractivity contribution is 8.00. The van der Waals surface area contributed by atoms with Crippen LogP contribution in [0.3, 0.4) is 0 Å². The molecule has 1 N–H and O–H groups in total. The summed E-state index contributed by atoms with van der Waals surface area (Å²) in [6.07, 6.45) is 3.12. The van der Waals surface area contributed by atoms with E-state index >= 15 is 0 Å². The van der Waals surface area contributed by atoms with Gasteiger partial charge in [-0.25, -0.2) is 4.98 Å². The van der Waals surface area contributed by atoms with E-state index in [9.17, 15) is 9.59 Å². The third-order valence-corrected chi connectivity index (χ3v) is 8.06. The molecule has 0 fully saturated rings. The second-order valence-electron chi connectivity index (χ2n) is 8.24. The number of amides is 1. The Hall–Kier alpha value is -2.12. The molecule has 30 heavy (non-hydrogen) atoms. The van der Waals surface area contributed by atoms with Gasteiger partial charge in [-0.3, -0.25) is 14.2 Å². The molecule has 1 unspecified atom stereocenters. The number of carbonyl (C=O) groups is 1. The molecule has 0 bridgehead atoms. The second-order valence-corrected chi connectivity index (χ2v) is 10.6. The van der Waals surface area contributed by atoms with Crippen LogP contribution in [0.25, 0.3) is 10.2 Å². The maximum Gasteiger partial charge on any atom is 0.262 e. The molecule has 4 rings (SSSR count). The highest BCUT2D eigenvalue weighted by Gasteiger charge is 2.24. The number of thioether (sulfide) groups is 1. The number of aryl methyl sites for hydroxylation is 3. The van der Waals surface area contributed by atoms with Crippen molar-refractivity contribution in [3.05, 3.63) is 50.1 Å². The summed E-state index contributed by atoms with van der Waals surface area (Å²) in [5.74, 6) is 0.230. The number of nitrogens with one attached hydrogen (secondary N) is 1. The second kappa shape index (κ2) is 8.19. The van der Waals surface area contributed by atoms with E-state index < -0.39 is 0 Å². The molecule has 1 aliphatic rings. The van der Waals surface area contributed by atoms with Gasteiger partial charge in [-0.2, -0.15) is 0 Å². The predicted molar refractivity (Wildman–Crippen MR) is 126 cm³/mol. The average molecular weight is 442 g/mol. The average Bonchev–Trinajstić information content (AvgIpc) is 3.27. The van der Waals surface area contributed by atoms with Crippen LogP contribution in [0.5, 0.6) is 0 Å². The lowest BCUT2D eigenvalue weighted by molar-refractivity contribution is -0.115. The topological polar surface area (TPSA) is 64.0 Å². The van der Waals surface area contributed by atoms with E-state index in [0.29, 0.717) is 11.1 Å². The summed E-state index contributed by atoms with van der Waals surface area (Å²) in [5, 5.41) is 4.09. The van der Waals surface area contributed by atoms with Gasteiger partial charge in [0.1, 0.15) is 4.83 Å². The zero-order chi connectivity index (χ0) is 21.6. The van der Waals surface area contributed by atoms with Crippen LogP contribution in [-0.4, -0.2) is 20.7 Å². The van der Waals surface area contributed by atoms with Gasteiger partial charge in [0.25, 0.3) is 5.56 Å². The number of thiophene rings is 1. The van der Waals surface area contributed by atoms with Gasteiger partial charge in [-0.05, 0) is 55.7 Å². The van der Waals surface area contributed by atoms with Crippen molar-refractivity contribution in [2.24, 2.45) is 7.05 Å². The van der Waals surface area contributed by atoms with Crippen LogP contribution >= 0.6 is 23.1 Å². The molecule has 2 aromatic heterocycles. The van der Waals surface area contributed by atoms with E-state index in [0.717, 1.165) is 46.3 Å². The van der Waals surface area contributed by atoms with Crippen molar-refractivity contribution in [1.29, 1.82) is 0 Å². The van der Waals surface area contributed by atoms with Crippen LogP contribution < -0.4 is 10.9 Å². The van der Waals surface area contributed by atoms with Crippen LogP contribution in [0.4, 0.5) is 5.69 Å². The molecule has 7 heteroatoms. The normalized spacial score (nSPS) is 14.3. The maximum absolute atomic E-state index is 13.0. The van der Waals surface area contributed by atoms with Gasteiger partial charge in [0.15, 0.2) is 5.16 Å². The lowest BCUT2D eigenvalue weighted by Gasteiger charge is -2.19. The monoisotopic (exact) mass is 441 g/mol. The molecule has 1 amide bonds. The van der Waals surface area contributed by atoms with Gasteiger partial charge in [-0.15, -0.1) is 11.3 Å². The molecular weight excluding hydrogens is 414 g/mol. The van der Waals surface area contributed by atoms with Crippen molar-refractivity contribution in [2.75, 3.05) is 5.32 Å². The fourth-order valence-corrected chi connectivity index (χ4v) is 6.17. The Morgan fingerprint density at radius 3 is 2.77 bits per heavy atom. The highest BCUT2D eigenvalue weighted by atomic mass is 32.2. The van der Waals surface area contributed by atoms with Crippen molar-refractivity contribution in [3.63, 3.8) is 0 Å². The summed E-state index contributed by atoms with van der Waals surface area (Å²) in [6.45, 7) is 8.11. The van der Waals surface area contributed by atoms with E-state index in [4.69, 9.17) is 4.98 Å². The predicted octanol–water partition coefficient (Wildman–Crippen LogP) is 5.03. The van der Waals surface area contributed by atoms with Gasteiger partial charge in [-0.1, -0.05) is 43.8 Å². The molecule has 0 aliphatic heterocycles. The minimum absolute atomic E-state index is 0.00416. The summed E-state index contributed by atoms with van der Waals surface area (Å²) in [7, 11) is 1.75. The molecule has 158 valence electrons. The standard InChI is InChI=1S/C23H27N3O2S2/c1-12(2)15-9-6-8-13(3)19(15)24-20(27)14(4)29-23-25-21-18(22(28)26(23)5)16-10-7-11-17(16)30-21/h6,8-9,12,14H,7,10-11H2,1-5H3,(H,24,27). The Kier molecular flexibility index (Phi) is 5.77. The van der Waals surface area contributed by atoms with Gasteiger partial charge in [0.2, 0.25) is 5.91 Å². The van der Waals surface area contributed by atoms with E-state index in [1.54, 1.807) is 23.0 Å². The highest BCUT2D eigenvalue weighted by Crippen LogP contribution is 2.36. The number of carbonyl (C=O) groups excluding carboxylic acids is 1. The Morgan fingerprint density at radius 2 is 2.03 bits per heavy atom. The van der Waals surface area contributed by atoms with E-state index in [2.05, 4.69) is 25.2 Å². The lowest BCUT2D eigenvalue weighted by atomic mass is 9.98. The Morgan fingerprint density at radius 1 is 1.27 bits per heavy atom. The smallest absolute Gasteiger partial charge is 0.262 e. The van der Waals surface area contributed by atoms with Crippen LogP contribution in [0.1, 0.15) is 54.7 Å². The van der Waals surface area contributed by atoms with Crippen LogP contribution in [0, 0.1) is 6.92 Å². The van der Waals surface area contributed by atoms with Crippen molar-refractivity contribution >= 4 is 44.9 Å². The van der Waals surface area contributed by atoms with E-state index in [-0.39, 0.29) is 16.7 Å². The third-order valence-electron chi connectivity index (χ3n) is 5.73. The SMILES string of the molecule is Cc1cccc(C(C)C)c1NC(=O)C(C)Sc1nc2sc3c(c2c(=O)n1C)CCC3. The van der Waals surface area contributed by atoms with Gasteiger partial charge in [0.05, 0.1) is 10.6 Å². The fraction of sp³-hybridized carbons (Fsp3) is 0.435. The lowest BCUT2D eigenvalue weighted by Crippen LogP contribution is -2.26. The first-order valence-corrected chi connectivity index (χ1v) is 12.1. The molecular formula is C23H27N3O2S2. The Balaban J connectivity index is 1.60. The first-order chi connectivity index (χ1) is 14.3. The van der Waals surface area contributed by atoms with Crippen LogP contribution in [-0.2, 0) is 24.7 Å². The molecule has 1 aliphatic carbocycles. The third kappa shape index (κ3) is 3.69. The number of para-hydroxylation sites is 1. The van der Waals surface area contributed by atoms with Crippen LogP contribution in [0.15, 0.2) is 28.2 Å². The zero-order valence-corrected chi connectivity index (χ0v) is 19.7. The molecule has 1 aromatic carbocycles. The van der Waals surface area contributed by atoms with Gasteiger partial charge in [0, 0.05) is 17.6 Å². The number of nitrogens with zero attached hydrogens (tertiary/aromatic N) is 2. The first kappa shape index (κ1) is 21.1. The maximum atomic E-state index is 13.0. The zero-order valence-electron chi connectivity index (χ0n) is 18.0. The van der Waals surface area contributed by atoms with E-state index in [1.165, 1.54) is 22.2 Å². The quantitative estimate of drug-likeness (QED) is 0.445. The van der Waals surface area contributed by atoms with Crippen molar-refractivity contribution in [2.45, 2.75) is 63.3 Å². The summed E-state index contributed by atoms with van der Waals surface area (Å²) >= 11 is 2.96. The summed E-state index contributed by atoms with van der Waals surface area (Å²) in [4.78, 5) is 32.8. The summed E-state index contributed by atoms with van der Waals surface area (Å²) in [6, 6.07) is 6.08. The Bertz CT molecular complexity index is 1190. The number of anilines is 1. The minimum Gasteiger partial charge on any atom is -0.325 e. The Labute approximate surface area is 184 Å². The number of hydrogen-bond donors (Lipinski definition) is 1.